The van der Waals surface area contributed by atoms with Gasteiger partial charge in [0.1, 0.15) is 6.10 Å². The zero-order valence-electron chi connectivity index (χ0n) is 10.4. The van der Waals surface area contributed by atoms with Crippen LogP contribution in [-0.2, 0) is 37.4 Å². The Labute approximate surface area is 128 Å². The van der Waals surface area contributed by atoms with Crippen LogP contribution in [-0.4, -0.2) is 17.7 Å². The fraction of sp³-hybridized carbons (Fsp3) is 0.500. The molecule has 1 unspecified atom stereocenters. The van der Waals surface area contributed by atoms with Crippen molar-refractivity contribution in [3.05, 3.63) is 29.6 Å². The normalized spacial score (nSPS) is 18.4. The summed E-state index contributed by atoms with van der Waals surface area (Å²) in [5, 5.41) is 0. The molecule has 2 nitrogen and oxygen atoms in total. The van der Waals surface area contributed by atoms with Crippen LogP contribution in [0, 0.1) is 17.9 Å². The van der Waals surface area contributed by atoms with Crippen LogP contribution in [0.4, 0.5) is 0 Å². The largest absolute Gasteiger partial charge is 0.375 e. The molecule has 0 amide bonds. The maximum Gasteiger partial charge on any atom is 0.117 e. The van der Waals surface area contributed by atoms with Crippen LogP contribution in [0.2, 0.25) is 0 Å². The molecule has 1 aromatic rings. The number of hydrogen-bond acceptors (Lipinski definition) is 2. The van der Waals surface area contributed by atoms with Crippen molar-refractivity contribution in [1.29, 1.82) is 0 Å². The molecule has 1 atom stereocenters. The first-order valence-corrected chi connectivity index (χ1v) is 5.76. The van der Waals surface area contributed by atoms with E-state index >= 15 is 0 Å². The van der Waals surface area contributed by atoms with E-state index in [1.807, 2.05) is 12.3 Å². The van der Waals surface area contributed by atoms with Crippen LogP contribution < -0.4 is 0 Å². The molecule has 0 saturated carbocycles. The van der Waals surface area contributed by atoms with Crippen molar-refractivity contribution in [2.45, 2.75) is 38.7 Å². The summed E-state index contributed by atoms with van der Waals surface area (Å²) in [5.74, 6) is 6.59. The molecule has 3 heteroatoms. The third-order valence-electron chi connectivity index (χ3n) is 2.63. The van der Waals surface area contributed by atoms with Crippen LogP contribution in [0.25, 0.3) is 0 Å². The van der Waals surface area contributed by atoms with Crippen molar-refractivity contribution in [3.8, 4) is 11.8 Å². The fourth-order valence-electron chi connectivity index (χ4n) is 1.60. The van der Waals surface area contributed by atoms with Crippen molar-refractivity contribution in [2.24, 2.45) is 0 Å². The van der Waals surface area contributed by atoms with Gasteiger partial charge >= 0.3 is 0 Å². The van der Waals surface area contributed by atoms with Crippen molar-refractivity contribution >= 4 is 0 Å². The van der Waals surface area contributed by atoms with Gasteiger partial charge in [0.2, 0.25) is 0 Å². The number of aromatic nitrogens is 1. The van der Waals surface area contributed by atoms with Crippen molar-refractivity contribution in [1.82, 2.24) is 4.98 Å². The summed E-state index contributed by atoms with van der Waals surface area (Å²) in [4.78, 5) is 4.30. The zero-order valence-corrected chi connectivity index (χ0v) is 13.2. The number of nitrogens with zero attached hydrogens (tertiary/aromatic N) is 1. The molecule has 1 saturated heterocycles. The van der Waals surface area contributed by atoms with Crippen LogP contribution in [0.3, 0.4) is 0 Å². The van der Waals surface area contributed by atoms with Gasteiger partial charge in [-0.3, -0.25) is 0 Å². The van der Waals surface area contributed by atoms with Gasteiger partial charge in [-0.25, -0.2) is 0 Å². The molecule has 0 N–H and O–H groups in total. The number of ether oxygens (including phenoxy) is 1. The summed E-state index contributed by atoms with van der Waals surface area (Å²) < 4.78 is 5.43. The fourth-order valence-corrected chi connectivity index (χ4v) is 1.60. The maximum absolute atomic E-state index is 5.43. The minimum atomic E-state index is 0. The average Bonchev–Trinajstić information content (AvgIpc) is 2.80. The van der Waals surface area contributed by atoms with Gasteiger partial charge in [-0.15, -0.1) is 17.6 Å². The van der Waals surface area contributed by atoms with E-state index in [1.54, 1.807) is 0 Å². The Morgan fingerprint density at radius 2 is 2.35 bits per heavy atom. The Balaban J connectivity index is 0.00000144. The first-order valence-electron chi connectivity index (χ1n) is 5.76. The number of pyridine rings is 1. The predicted octanol–water partition coefficient (Wildman–Crippen LogP) is 2.53. The smallest absolute Gasteiger partial charge is 0.117 e. The second-order valence-electron chi connectivity index (χ2n) is 4.31. The Hall–Kier alpha value is -0.226. The van der Waals surface area contributed by atoms with Crippen LogP contribution >= 0.6 is 0 Å². The van der Waals surface area contributed by atoms with Crippen molar-refractivity contribution in [3.63, 3.8) is 0 Å². The molecule has 1 aliphatic heterocycles. The van der Waals surface area contributed by atoms with Gasteiger partial charge in [-0.2, -0.15) is 6.07 Å². The minimum absolute atomic E-state index is 0. The molecule has 0 spiro atoms. The zero-order chi connectivity index (χ0) is 11.4. The third kappa shape index (κ3) is 4.50. The van der Waals surface area contributed by atoms with Crippen molar-refractivity contribution < 1.29 is 37.4 Å². The summed E-state index contributed by atoms with van der Waals surface area (Å²) in [5.41, 5.74) is 1.91. The molecule has 17 heavy (non-hydrogen) atoms. The van der Waals surface area contributed by atoms with Gasteiger partial charge in [0, 0.05) is 39.3 Å². The molecule has 1 aromatic heterocycles. The Kier molecular flexibility index (Phi) is 6.34. The minimum Gasteiger partial charge on any atom is -0.375 e. The molecular formula is C14H16NOY-. The first kappa shape index (κ1) is 14.8. The maximum atomic E-state index is 5.43. The summed E-state index contributed by atoms with van der Waals surface area (Å²) in [6.45, 7) is 5.10. The molecule has 2 heterocycles. The van der Waals surface area contributed by atoms with Gasteiger partial charge in [0.15, 0.2) is 0 Å². The van der Waals surface area contributed by atoms with E-state index < -0.39 is 0 Å². The summed E-state index contributed by atoms with van der Waals surface area (Å²) >= 11 is 0. The second-order valence-corrected chi connectivity index (χ2v) is 4.31. The topological polar surface area (TPSA) is 22.1 Å². The molecule has 1 fully saturated rings. The van der Waals surface area contributed by atoms with Crippen LogP contribution in [0.5, 0.6) is 0 Å². The molecule has 0 aromatic carbocycles. The van der Waals surface area contributed by atoms with E-state index in [0.717, 1.165) is 30.7 Å². The molecular weight excluding hydrogens is 287 g/mol. The van der Waals surface area contributed by atoms with E-state index in [4.69, 9.17) is 4.74 Å². The molecule has 0 aliphatic carbocycles. The number of rotatable bonds is 1. The molecule has 1 radical (unpaired) electrons. The SMILES string of the molecule is CC(C)c1[c-]cc(C#CC2CCCO2)nc1.[Y]. The monoisotopic (exact) mass is 303 g/mol. The quantitative estimate of drug-likeness (QED) is 0.587. The standard InChI is InChI=1S/C14H16NO.Y/c1-11(2)12-5-6-13(15-10-12)7-8-14-4-3-9-16-14;/h6,10-11,14H,3-4,9H2,1-2H3;/q-1;. The summed E-state index contributed by atoms with van der Waals surface area (Å²) in [6.07, 6.45) is 4.11. The summed E-state index contributed by atoms with van der Waals surface area (Å²) in [6, 6.07) is 5.06. The van der Waals surface area contributed by atoms with Crippen LogP contribution in [0.1, 0.15) is 43.9 Å². The molecule has 87 valence electrons. The van der Waals surface area contributed by atoms with Gasteiger partial charge in [0.05, 0.1) is 0 Å². The second kappa shape index (κ2) is 7.26. The molecule has 1 aliphatic rings. The van der Waals surface area contributed by atoms with Gasteiger partial charge in [-0.05, 0) is 24.5 Å². The average molecular weight is 303 g/mol. The molecule has 0 bridgehead atoms. The molecule has 2 rings (SSSR count). The van der Waals surface area contributed by atoms with Gasteiger partial charge < -0.3 is 9.72 Å². The first-order chi connectivity index (χ1) is 7.75. The van der Waals surface area contributed by atoms with Gasteiger partial charge in [-0.1, -0.05) is 26.0 Å². The Morgan fingerprint density at radius 3 is 2.88 bits per heavy atom. The predicted molar refractivity (Wildman–Crippen MR) is 63.0 cm³/mol. The van der Waals surface area contributed by atoms with E-state index in [2.05, 4.69) is 36.7 Å². The van der Waals surface area contributed by atoms with Crippen LogP contribution in [0.15, 0.2) is 12.3 Å². The van der Waals surface area contributed by atoms with E-state index in [0.29, 0.717) is 5.92 Å². The third-order valence-corrected chi connectivity index (χ3v) is 2.63. The Bertz CT molecular complexity index is 396. The van der Waals surface area contributed by atoms with E-state index in [1.165, 1.54) is 0 Å². The van der Waals surface area contributed by atoms with E-state index in [-0.39, 0.29) is 38.8 Å². The van der Waals surface area contributed by atoms with Gasteiger partial charge in [0.25, 0.3) is 0 Å². The summed E-state index contributed by atoms with van der Waals surface area (Å²) in [7, 11) is 0. The van der Waals surface area contributed by atoms with E-state index in [9.17, 15) is 0 Å². The number of hydrogen-bond donors (Lipinski definition) is 0. The Morgan fingerprint density at radius 1 is 1.53 bits per heavy atom. The van der Waals surface area contributed by atoms with Crippen molar-refractivity contribution in [2.75, 3.05) is 6.61 Å².